The average molecular weight is 362 g/mol. The summed E-state index contributed by atoms with van der Waals surface area (Å²) >= 11 is 1.64. The topological polar surface area (TPSA) is 93.9 Å². The van der Waals surface area contributed by atoms with Crippen LogP contribution >= 0.6 is 11.8 Å². The highest BCUT2D eigenvalue weighted by Crippen LogP contribution is 2.33. The van der Waals surface area contributed by atoms with Crippen molar-refractivity contribution in [3.8, 4) is 6.07 Å². The lowest BCUT2D eigenvalue weighted by Gasteiger charge is -2.14. The highest BCUT2D eigenvalue weighted by molar-refractivity contribution is 8.00. The van der Waals surface area contributed by atoms with Crippen molar-refractivity contribution in [1.29, 1.82) is 5.26 Å². The second-order valence-corrected chi connectivity index (χ2v) is 7.15. The highest BCUT2D eigenvalue weighted by atomic mass is 32.2. The number of nitrogens with two attached hydrogens (primary N) is 1. The van der Waals surface area contributed by atoms with Gasteiger partial charge in [0.05, 0.1) is 16.8 Å². The van der Waals surface area contributed by atoms with Gasteiger partial charge in [0.1, 0.15) is 5.82 Å². The summed E-state index contributed by atoms with van der Waals surface area (Å²) in [6.07, 6.45) is 4.76. The van der Waals surface area contributed by atoms with Gasteiger partial charge in [-0.2, -0.15) is 5.26 Å². The van der Waals surface area contributed by atoms with Crippen molar-refractivity contribution in [2.24, 2.45) is 5.73 Å². The molecule has 1 amide bonds. The van der Waals surface area contributed by atoms with Gasteiger partial charge in [-0.15, -0.1) is 0 Å². The summed E-state index contributed by atoms with van der Waals surface area (Å²) in [7, 11) is 0. The van der Waals surface area contributed by atoms with E-state index in [4.69, 9.17) is 10.5 Å². The lowest BCUT2D eigenvalue weighted by atomic mass is 10.1. The molecule has 1 rings (SSSR count). The van der Waals surface area contributed by atoms with Crippen LogP contribution in [0.25, 0.3) is 0 Å². The Morgan fingerprint density at radius 2 is 2.16 bits per heavy atom. The maximum absolute atomic E-state index is 10.9. The summed E-state index contributed by atoms with van der Waals surface area (Å²) in [4.78, 5) is 15.6. The third-order valence-electron chi connectivity index (χ3n) is 3.42. The number of primary amides is 1. The van der Waals surface area contributed by atoms with Crippen molar-refractivity contribution < 1.29 is 9.53 Å². The van der Waals surface area contributed by atoms with E-state index < -0.39 is 6.09 Å². The molecule has 0 aliphatic carbocycles. The Kier molecular flexibility index (Phi) is 8.29. The molecule has 0 aromatic carbocycles. The molecule has 2 N–H and O–H groups in total. The average Bonchev–Trinajstić information content (AvgIpc) is 2.89. The first kappa shape index (κ1) is 20.8. The van der Waals surface area contributed by atoms with Crippen molar-refractivity contribution in [1.82, 2.24) is 9.55 Å². The summed E-state index contributed by atoms with van der Waals surface area (Å²) < 4.78 is 6.96. The number of nitriles is 1. The number of rotatable bonds is 8. The number of thioether (sulfide) groups is 1. The Bertz CT molecular complexity index is 699. The molecule has 1 unspecified atom stereocenters. The fourth-order valence-corrected chi connectivity index (χ4v) is 3.68. The minimum Gasteiger partial charge on any atom is -0.442 e. The monoisotopic (exact) mass is 362 g/mol. The Morgan fingerprint density at radius 3 is 2.64 bits per heavy atom. The second-order valence-electron chi connectivity index (χ2n) is 5.78. The third kappa shape index (κ3) is 5.98. The maximum Gasteiger partial charge on any atom is 0.404 e. The Balaban J connectivity index is 3.19. The molecule has 1 atom stereocenters. The van der Waals surface area contributed by atoms with Gasteiger partial charge in [0.15, 0.2) is 6.61 Å². The SMILES string of the molecule is C/C=C\C(C#N)=C/C(C)Sc1c(C(C)C)nc(COC(N)=O)n1CC. The molecule has 0 saturated heterocycles. The fraction of sp³-hybridized carbons (Fsp3) is 0.500. The highest BCUT2D eigenvalue weighted by Gasteiger charge is 2.21. The molecular formula is C18H26N4O2S. The van der Waals surface area contributed by atoms with E-state index in [1.54, 1.807) is 17.8 Å². The van der Waals surface area contributed by atoms with E-state index in [1.165, 1.54) is 0 Å². The maximum atomic E-state index is 10.9. The predicted molar refractivity (Wildman–Crippen MR) is 100 cm³/mol. The molecule has 7 heteroatoms. The van der Waals surface area contributed by atoms with Gasteiger partial charge in [0, 0.05) is 17.4 Å². The van der Waals surface area contributed by atoms with Crippen LogP contribution < -0.4 is 5.73 Å². The number of aromatic nitrogens is 2. The first-order valence-corrected chi connectivity index (χ1v) is 9.14. The number of nitrogens with zero attached hydrogens (tertiary/aromatic N) is 3. The number of amides is 1. The van der Waals surface area contributed by atoms with Gasteiger partial charge in [-0.05, 0) is 32.8 Å². The molecule has 0 aliphatic heterocycles. The van der Waals surface area contributed by atoms with Gasteiger partial charge < -0.3 is 15.0 Å². The van der Waals surface area contributed by atoms with Crippen LogP contribution in [0.3, 0.4) is 0 Å². The third-order valence-corrected chi connectivity index (χ3v) is 4.58. The zero-order valence-corrected chi connectivity index (χ0v) is 16.3. The number of imidazole rings is 1. The van der Waals surface area contributed by atoms with Crippen molar-refractivity contribution >= 4 is 17.9 Å². The summed E-state index contributed by atoms with van der Waals surface area (Å²) in [5.41, 5.74) is 6.66. The van der Waals surface area contributed by atoms with E-state index in [1.807, 2.05) is 37.5 Å². The molecule has 1 heterocycles. The zero-order chi connectivity index (χ0) is 19.0. The quantitative estimate of drug-likeness (QED) is 0.426. The van der Waals surface area contributed by atoms with Crippen molar-refractivity contribution in [2.45, 2.75) is 64.0 Å². The van der Waals surface area contributed by atoms with Crippen LogP contribution in [0.5, 0.6) is 0 Å². The molecule has 0 bridgehead atoms. The Labute approximate surface area is 153 Å². The van der Waals surface area contributed by atoms with E-state index >= 15 is 0 Å². The van der Waals surface area contributed by atoms with Crippen LogP contribution in [0, 0.1) is 11.3 Å². The second kappa shape index (κ2) is 9.94. The van der Waals surface area contributed by atoms with E-state index in [9.17, 15) is 10.1 Å². The lowest BCUT2D eigenvalue weighted by molar-refractivity contribution is 0.145. The Hall–Kier alpha value is -2.20. The standard InChI is InChI=1S/C18H26N4O2S/c1-6-8-14(10-19)9-13(5)25-17-16(12(3)4)21-15(22(17)7-2)11-24-18(20)23/h6,8-9,12-13H,7,11H2,1-5H3,(H2,20,23)/b8-6-,14-9+. The van der Waals surface area contributed by atoms with Crippen molar-refractivity contribution in [3.63, 3.8) is 0 Å². The molecule has 1 aromatic heterocycles. The normalized spacial score (nSPS) is 13.2. The molecule has 0 saturated carbocycles. The van der Waals surface area contributed by atoms with Gasteiger partial charge >= 0.3 is 6.09 Å². The number of allylic oxidation sites excluding steroid dienone is 3. The Morgan fingerprint density at radius 1 is 1.48 bits per heavy atom. The molecule has 25 heavy (non-hydrogen) atoms. The molecule has 0 radical (unpaired) electrons. The van der Waals surface area contributed by atoms with E-state index in [0.29, 0.717) is 17.9 Å². The van der Waals surface area contributed by atoms with Gasteiger partial charge in [-0.25, -0.2) is 9.78 Å². The van der Waals surface area contributed by atoms with Crippen LogP contribution in [-0.2, 0) is 17.9 Å². The molecule has 0 spiro atoms. The summed E-state index contributed by atoms with van der Waals surface area (Å²) in [5, 5.41) is 10.3. The number of ether oxygens (including phenoxy) is 1. The number of hydrogen-bond donors (Lipinski definition) is 1. The predicted octanol–water partition coefficient (Wildman–Crippen LogP) is 4.13. The number of carbonyl (C=O) groups excluding carboxylic acids is 1. The number of hydrogen-bond acceptors (Lipinski definition) is 5. The first-order valence-electron chi connectivity index (χ1n) is 8.26. The molecule has 0 fully saturated rings. The number of carbonyl (C=O) groups is 1. The van der Waals surface area contributed by atoms with Crippen LogP contribution in [0.1, 0.15) is 52.1 Å². The van der Waals surface area contributed by atoms with Gasteiger partial charge in [-0.3, -0.25) is 0 Å². The van der Waals surface area contributed by atoms with Gasteiger partial charge in [0.2, 0.25) is 0 Å². The largest absolute Gasteiger partial charge is 0.442 e. The molecule has 0 aliphatic rings. The van der Waals surface area contributed by atoms with Crippen molar-refractivity contribution in [3.05, 3.63) is 35.3 Å². The zero-order valence-electron chi connectivity index (χ0n) is 15.4. The summed E-state index contributed by atoms with van der Waals surface area (Å²) in [6.45, 7) is 10.9. The van der Waals surface area contributed by atoms with Gasteiger partial charge in [-0.1, -0.05) is 37.8 Å². The van der Waals surface area contributed by atoms with Crippen molar-refractivity contribution in [2.75, 3.05) is 0 Å². The first-order chi connectivity index (χ1) is 11.8. The summed E-state index contributed by atoms with van der Waals surface area (Å²) in [6, 6.07) is 2.19. The minimum atomic E-state index is -0.813. The summed E-state index contributed by atoms with van der Waals surface area (Å²) in [5.74, 6) is 0.905. The van der Waals surface area contributed by atoms with Crippen LogP contribution in [0.4, 0.5) is 4.79 Å². The van der Waals surface area contributed by atoms with E-state index in [-0.39, 0.29) is 17.8 Å². The fourth-order valence-electron chi connectivity index (χ4n) is 2.35. The molecule has 1 aromatic rings. The smallest absolute Gasteiger partial charge is 0.404 e. The van der Waals surface area contributed by atoms with Crippen LogP contribution in [-0.4, -0.2) is 20.9 Å². The molecular weight excluding hydrogens is 336 g/mol. The molecule has 6 nitrogen and oxygen atoms in total. The van der Waals surface area contributed by atoms with Crippen LogP contribution in [0.15, 0.2) is 28.8 Å². The van der Waals surface area contributed by atoms with Gasteiger partial charge in [0.25, 0.3) is 0 Å². The minimum absolute atomic E-state index is 0.0513. The van der Waals surface area contributed by atoms with E-state index in [0.717, 1.165) is 10.7 Å². The molecule has 136 valence electrons. The van der Waals surface area contributed by atoms with E-state index in [2.05, 4.69) is 24.9 Å². The van der Waals surface area contributed by atoms with Crippen LogP contribution in [0.2, 0.25) is 0 Å². The lowest BCUT2D eigenvalue weighted by Crippen LogP contribution is -2.15.